The average molecular weight is 335 g/mol. The Morgan fingerprint density at radius 2 is 1.68 bits per heavy atom. The van der Waals surface area contributed by atoms with E-state index >= 15 is 0 Å². The largest absolute Gasteiger partial charge is 1.00 e. The van der Waals surface area contributed by atoms with Crippen LogP contribution in [0.2, 0.25) is 5.02 Å². The Kier molecular flexibility index (Phi) is 6.49. The van der Waals surface area contributed by atoms with Crippen LogP contribution >= 0.6 is 11.6 Å². The second kappa shape index (κ2) is 6.54. The molecule has 0 aliphatic carbocycles. The van der Waals surface area contributed by atoms with Crippen molar-refractivity contribution in [3.05, 3.63) is 36.9 Å². The molecule has 0 aliphatic heterocycles. The molecule has 98 valence electrons. The summed E-state index contributed by atoms with van der Waals surface area (Å²) in [7, 11) is -5.08. The topological polar surface area (TPSA) is 143 Å². The van der Waals surface area contributed by atoms with E-state index in [1.54, 1.807) is 0 Å². The van der Waals surface area contributed by atoms with Gasteiger partial charge in [0.2, 0.25) is 0 Å². The molecule has 0 fully saturated rings. The molecule has 0 amide bonds. The molecule has 12 heteroatoms. The third-order valence-corrected chi connectivity index (χ3v) is 3.41. The summed E-state index contributed by atoms with van der Waals surface area (Å²) in [6, 6.07) is 0.410. The molecule has 1 aromatic carbocycles. The summed E-state index contributed by atoms with van der Waals surface area (Å²) in [4.78, 5) is 18.1. The first-order valence-corrected chi connectivity index (χ1v) is 5.93. The fourth-order valence-corrected chi connectivity index (χ4v) is 2.37. The summed E-state index contributed by atoms with van der Waals surface area (Å²) in [5.74, 6) is 0. The van der Waals surface area contributed by atoms with Gasteiger partial charge in [-0.05, 0) is 6.92 Å². The molecule has 0 saturated heterocycles. The quantitative estimate of drug-likeness (QED) is 0.279. The van der Waals surface area contributed by atoms with Crippen LogP contribution in [0.4, 0.5) is 11.4 Å². The predicted octanol–water partition coefficient (Wildman–Crippen LogP) is -1.63. The second-order valence-electron chi connectivity index (χ2n) is 3.15. The number of benzene rings is 1. The zero-order valence-electron chi connectivity index (χ0n) is 9.62. The van der Waals surface area contributed by atoms with E-state index in [1.807, 2.05) is 0 Å². The van der Waals surface area contributed by atoms with Gasteiger partial charge in [0, 0.05) is 11.6 Å². The Balaban J connectivity index is 0.00000324. The van der Waals surface area contributed by atoms with Crippen molar-refractivity contribution in [3.8, 4) is 0 Å². The van der Waals surface area contributed by atoms with Crippen molar-refractivity contribution < 1.29 is 74.2 Å². The maximum Gasteiger partial charge on any atom is 1.00 e. The van der Waals surface area contributed by atoms with Gasteiger partial charge in [0.1, 0.15) is 10.1 Å². The van der Waals surface area contributed by atoms with Gasteiger partial charge < -0.3 is 4.55 Å². The van der Waals surface area contributed by atoms with Crippen LogP contribution in [0.1, 0.15) is 5.56 Å². The van der Waals surface area contributed by atoms with Gasteiger partial charge >= 0.3 is 51.4 Å². The van der Waals surface area contributed by atoms with Crippen molar-refractivity contribution in [2.45, 2.75) is 11.8 Å². The number of rotatable bonds is 3. The van der Waals surface area contributed by atoms with Crippen LogP contribution in [0.15, 0.2) is 11.0 Å². The molecule has 19 heavy (non-hydrogen) atoms. The van der Waals surface area contributed by atoms with Gasteiger partial charge in [0.15, 0.2) is 5.02 Å². The van der Waals surface area contributed by atoms with Gasteiger partial charge in [0.05, 0.1) is 14.7 Å². The molecular formula is C7H4ClKN2O7S. The Hall–Kier alpha value is -0.144. The summed E-state index contributed by atoms with van der Waals surface area (Å²) in [5.41, 5.74) is -2.52. The van der Waals surface area contributed by atoms with Crippen molar-refractivity contribution in [1.29, 1.82) is 0 Å². The van der Waals surface area contributed by atoms with E-state index in [-0.39, 0.29) is 51.4 Å². The first kappa shape index (κ1) is 18.9. The number of nitrogens with zero attached hydrogens (tertiary/aromatic N) is 2. The molecule has 0 unspecified atom stereocenters. The van der Waals surface area contributed by atoms with Crippen LogP contribution in [0.25, 0.3) is 0 Å². The van der Waals surface area contributed by atoms with Crippen LogP contribution in [0, 0.1) is 27.2 Å². The summed E-state index contributed by atoms with van der Waals surface area (Å²) >= 11 is 5.45. The third kappa shape index (κ3) is 3.92. The summed E-state index contributed by atoms with van der Waals surface area (Å²) < 4.78 is 32.6. The van der Waals surface area contributed by atoms with E-state index in [0.29, 0.717) is 6.07 Å². The minimum atomic E-state index is -5.08. The van der Waals surface area contributed by atoms with E-state index in [1.165, 1.54) is 0 Å². The zero-order valence-corrected chi connectivity index (χ0v) is 14.3. The second-order valence-corrected chi connectivity index (χ2v) is 4.88. The van der Waals surface area contributed by atoms with Crippen LogP contribution in [0.3, 0.4) is 0 Å². The number of nitro groups is 2. The van der Waals surface area contributed by atoms with Crippen molar-refractivity contribution in [2.75, 3.05) is 0 Å². The number of hydrogen-bond donors (Lipinski definition) is 0. The van der Waals surface area contributed by atoms with Crippen molar-refractivity contribution in [2.24, 2.45) is 0 Å². The molecule has 1 rings (SSSR count). The van der Waals surface area contributed by atoms with Gasteiger partial charge in [0.25, 0.3) is 11.4 Å². The van der Waals surface area contributed by atoms with Gasteiger partial charge in [-0.15, -0.1) is 0 Å². The average Bonchev–Trinajstić information content (AvgIpc) is 2.13. The summed E-state index contributed by atoms with van der Waals surface area (Å²) in [5, 5.41) is 20.5. The minimum Gasteiger partial charge on any atom is -0.744 e. The number of hydrogen-bond acceptors (Lipinski definition) is 7. The van der Waals surface area contributed by atoms with Crippen molar-refractivity contribution >= 4 is 33.1 Å². The van der Waals surface area contributed by atoms with Gasteiger partial charge in [-0.1, -0.05) is 11.6 Å². The van der Waals surface area contributed by atoms with Gasteiger partial charge in [-0.2, -0.15) is 0 Å². The van der Waals surface area contributed by atoms with Crippen molar-refractivity contribution in [1.82, 2.24) is 0 Å². The third-order valence-electron chi connectivity index (χ3n) is 2.07. The maximum atomic E-state index is 10.9. The van der Waals surface area contributed by atoms with Crippen LogP contribution in [-0.4, -0.2) is 22.8 Å². The summed E-state index contributed by atoms with van der Waals surface area (Å²) in [6.07, 6.45) is 0. The van der Waals surface area contributed by atoms with E-state index in [2.05, 4.69) is 0 Å². The van der Waals surface area contributed by atoms with Gasteiger partial charge in [-0.3, -0.25) is 20.2 Å². The summed E-state index contributed by atoms with van der Waals surface area (Å²) in [6.45, 7) is 0.971. The molecule has 0 radical (unpaired) electrons. The molecule has 0 aliphatic rings. The van der Waals surface area contributed by atoms with Crippen LogP contribution in [-0.2, 0) is 10.1 Å². The van der Waals surface area contributed by atoms with E-state index < -0.39 is 46.8 Å². The van der Waals surface area contributed by atoms with E-state index in [9.17, 15) is 33.2 Å². The smallest absolute Gasteiger partial charge is 0.744 e. The Labute approximate surface area is 154 Å². The Morgan fingerprint density at radius 3 is 2.00 bits per heavy atom. The van der Waals surface area contributed by atoms with E-state index in [4.69, 9.17) is 11.6 Å². The Bertz CT molecular complexity index is 660. The number of nitro benzene ring substituents is 2. The molecule has 0 saturated carbocycles. The standard InChI is InChI=1S/C7H5ClN2O7S.K/c1-3-5(18(15,16)17)2-4(9(11)12)6(8)7(3)10(13)14;/h2H,1H3,(H,15,16,17);/q;+1/p-1. The molecule has 1 aromatic rings. The fraction of sp³-hybridized carbons (Fsp3) is 0.143. The molecule has 0 spiro atoms. The first-order valence-electron chi connectivity index (χ1n) is 4.15. The molecule has 0 bridgehead atoms. The van der Waals surface area contributed by atoms with Crippen molar-refractivity contribution in [3.63, 3.8) is 0 Å². The molecular weight excluding hydrogens is 331 g/mol. The molecule has 0 heterocycles. The SMILES string of the molecule is Cc1c(S(=O)(=O)[O-])cc([N+](=O)[O-])c(Cl)c1[N+](=O)[O-].[K+]. The molecule has 9 nitrogen and oxygen atoms in total. The molecule has 0 N–H and O–H groups in total. The predicted molar refractivity (Wildman–Crippen MR) is 57.5 cm³/mol. The zero-order chi connectivity index (χ0) is 14.2. The molecule has 0 aromatic heterocycles. The van der Waals surface area contributed by atoms with E-state index in [0.717, 1.165) is 6.92 Å². The van der Waals surface area contributed by atoms with Crippen LogP contribution < -0.4 is 51.4 Å². The normalized spacial score (nSPS) is 10.7. The molecule has 0 atom stereocenters. The first-order chi connectivity index (χ1) is 8.07. The number of halogens is 1. The fourth-order valence-electron chi connectivity index (χ4n) is 1.31. The Morgan fingerprint density at radius 1 is 1.21 bits per heavy atom. The minimum absolute atomic E-state index is 0. The monoisotopic (exact) mass is 334 g/mol. The van der Waals surface area contributed by atoms with Crippen LogP contribution in [0.5, 0.6) is 0 Å². The van der Waals surface area contributed by atoms with Gasteiger partial charge in [-0.25, -0.2) is 8.42 Å². The maximum absolute atomic E-state index is 10.9.